The van der Waals surface area contributed by atoms with E-state index < -0.39 is 0 Å². The molecule has 3 heterocycles. The lowest BCUT2D eigenvalue weighted by atomic mass is 9.95. The molecule has 1 aromatic heterocycles. The topological polar surface area (TPSA) is 32.8 Å². The van der Waals surface area contributed by atoms with E-state index in [9.17, 15) is 4.79 Å². The molecule has 1 aromatic carbocycles. The maximum absolute atomic E-state index is 12.7. The molecule has 2 aromatic rings. The van der Waals surface area contributed by atoms with Gasteiger partial charge in [-0.25, -0.2) is 0 Å². The highest BCUT2D eigenvalue weighted by atomic mass is 32.1. The Labute approximate surface area is 165 Å². The van der Waals surface area contributed by atoms with Crippen LogP contribution in [-0.4, -0.2) is 49.0 Å². The number of nitrogens with zero attached hydrogens (tertiary/aromatic N) is 2. The number of methoxy groups -OCH3 is 1. The molecule has 5 heteroatoms. The Morgan fingerprint density at radius 3 is 2.96 bits per heavy atom. The van der Waals surface area contributed by atoms with Crippen molar-refractivity contribution in [1.29, 1.82) is 0 Å². The molecular formula is C22H28N2O2S. The summed E-state index contributed by atoms with van der Waals surface area (Å²) in [5, 5.41) is 2.14. The number of carbonyl (C=O) groups is 1. The summed E-state index contributed by atoms with van der Waals surface area (Å²) < 4.78 is 5.40. The van der Waals surface area contributed by atoms with E-state index >= 15 is 0 Å². The Balaban J connectivity index is 1.33. The van der Waals surface area contributed by atoms with Crippen molar-refractivity contribution in [3.8, 4) is 5.75 Å². The fraction of sp³-hybridized carbons (Fsp3) is 0.500. The molecule has 4 rings (SSSR count). The molecule has 2 aliphatic rings. The minimum Gasteiger partial charge on any atom is -0.497 e. The lowest BCUT2D eigenvalue weighted by molar-refractivity contribution is -0.132. The molecule has 0 saturated carbocycles. The number of hydrogen-bond acceptors (Lipinski definition) is 4. The lowest BCUT2D eigenvalue weighted by Crippen LogP contribution is -2.38. The number of carbonyl (C=O) groups excluding carboxylic acids is 1. The summed E-state index contributed by atoms with van der Waals surface area (Å²) in [6.45, 7) is 6.81. The quantitative estimate of drug-likeness (QED) is 0.806. The van der Waals surface area contributed by atoms with Crippen molar-refractivity contribution in [2.75, 3.05) is 33.3 Å². The van der Waals surface area contributed by atoms with Gasteiger partial charge in [-0.1, -0.05) is 13.0 Å². The van der Waals surface area contributed by atoms with E-state index in [1.54, 1.807) is 7.11 Å². The second kappa shape index (κ2) is 8.03. The van der Waals surface area contributed by atoms with Gasteiger partial charge in [-0.3, -0.25) is 4.79 Å². The van der Waals surface area contributed by atoms with Crippen LogP contribution < -0.4 is 4.74 Å². The smallest absolute Gasteiger partial charge is 0.224 e. The third-order valence-electron chi connectivity index (χ3n) is 5.92. The van der Waals surface area contributed by atoms with Crippen LogP contribution in [0.4, 0.5) is 0 Å². The average molecular weight is 385 g/mol. The lowest BCUT2D eigenvalue weighted by Gasteiger charge is -2.28. The van der Waals surface area contributed by atoms with Gasteiger partial charge < -0.3 is 14.5 Å². The molecule has 1 unspecified atom stereocenters. The summed E-state index contributed by atoms with van der Waals surface area (Å²) >= 11 is 1.82. The summed E-state index contributed by atoms with van der Waals surface area (Å²) in [6.07, 6.45) is 2.67. The fourth-order valence-electron chi connectivity index (χ4n) is 4.32. The first-order chi connectivity index (χ1) is 13.1. The molecule has 4 nitrogen and oxygen atoms in total. The molecule has 0 saturated heterocycles. The predicted molar refractivity (Wildman–Crippen MR) is 110 cm³/mol. The molecule has 27 heavy (non-hydrogen) atoms. The first-order valence-electron chi connectivity index (χ1n) is 9.86. The van der Waals surface area contributed by atoms with Crippen molar-refractivity contribution in [1.82, 2.24) is 9.80 Å². The van der Waals surface area contributed by atoms with Crippen LogP contribution in [0.5, 0.6) is 5.75 Å². The molecule has 1 atom stereocenters. The van der Waals surface area contributed by atoms with E-state index in [1.165, 1.54) is 21.6 Å². The van der Waals surface area contributed by atoms with E-state index in [0.29, 0.717) is 18.2 Å². The summed E-state index contributed by atoms with van der Waals surface area (Å²) in [4.78, 5) is 18.7. The van der Waals surface area contributed by atoms with Gasteiger partial charge in [0.1, 0.15) is 5.75 Å². The Morgan fingerprint density at radius 2 is 2.11 bits per heavy atom. The zero-order valence-electron chi connectivity index (χ0n) is 16.2. The molecule has 144 valence electrons. The maximum Gasteiger partial charge on any atom is 0.224 e. The van der Waals surface area contributed by atoms with Crippen LogP contribution >= 0.6 is 11.3 Å². The molecule has 1 amide bonds. The Morgan fingerprint density at radius 1 is 1.22 bits per heavy atom. The molecule has 0 radical (unpaired) electrons. The third-order valence-corrected chi connectivity index (χ3v) is 6.94. The Hall–Kier alpha value is -1.85. The zero-order valence-corrected chi connectivity index (χ0v) is 17.1. The van der Waals surface area contributed by atoms with Crippen LogP contribution in [-0.2, 0) is 24.2 Å². The van der Waals surface area contributed by atoms with E-state index in [2.05, 4.69) is 41.5 Å². The van der Waals surface area contributed by atoms with Crippen molar-refractivity contribution >= 4 is 17.2 Å². The molecule has 0 fully saturated rings. The standard InChI is InChI=1S/C22H28N2O2S/c1-16-14-23(9-5-17-3-4-19(26-2)13-20(16)17)10-7-22(25)24-11-6-21-18(15-24)8-12-27-21/h3-4,8,12-13,16H,5-7,9-11,14-15H2,1-2H3. The highest BCUT2D eigenvalue weighted by Gasteiger charge is 2.24. The maximum atomic E-state index is 12.7. The van der Waals surface area contributed by atoms with Gasteiger partial charge in [0.25, 0.3) is 0 Å². The highest BCUT2D eigenvalue weighted by molar-refractivity contribution is 7.10. The first kappa shape index (κ1) is 18.5. The predicted octanol–water partition coefficient (Wildman–Crippen LogP) is 3.69. The SMILES string of the molecule is COc1ccc2c(c1)C(C)CN(CCC(=O)N1CCc3sccc3C1)CC2. The number of rotatable bonds is 4. The second-order valence-corrected chi connectivity index (χ2v) is 8.70. The summed E-state index contributed by atoms with van der Waals surface area (Å²) in [6, 6.07) is 8.60. The highest BCUT2D eigenvalue weighted by Crippen LogP contribution is 2.29. The van der Waals surface area contributed by atoms with Gasteiger partial charge in [0, 0.05) is 44.0 Å². The van der Waals surface area contributed by atoms with E-state index in [-0.39, 0.29) is 0 Å². The molecule has 2 aliphatic heterocycles. The number of fused-ring (bicyclic) bond motifs is 2. The zero-order chi connectivity index (χ0) is 18.8. The van der Waals surface area contributed by atoms with E-state index in [1.807, 2.05) is 16.2 Å². The Kier molecular flexibility index (Phi) is 5.50. The van der Waals surface area contributed by atoms with Crippen LogP contribution in [0.25, 0.3) is 0 Å². The van der Waals surface area contributed by atoms with Crippen LogP contribution in [0.15, 0.2) is 29.6 Å². The summed E-state index contributed by atoms with van der Waals surface area (Å²) in [5.41, 5.74) is 4.15. The van der Waals surface area contributed by atoms with Gasteiger partial charge in [-0.15, -0.1) is 11.3 Å². The molecule has 0 N–H and O–H groups in total. The molecular weight excluding hydrogens is 356 g/mol. The third kappa shape index (κ3) is 4.04. The van der Waals surface area contributed by atoms with Gasteiger partial charge in [0.2, 0.25) is 5.91 Å². The fourth-order valence-corrected chi connectivity index (χ4v) is 5.21. The van der Waals surface area contributed by atoms with Crippen molar-refractivity contribution in [2.45, 2.75) is 38.6 Å². The summed E-state index contributed by atoms with van der Waals surface area (Å²) in [5.74, 6) is 1.68. The van der Waals surface area contributed by atoms with Gasteiger partial charge in [0.15, 0.2) is 0 Å². The minimum absolute atomic E-state index is 0.294. The number of ether oxygens (including phenoxy) is 1. The normalized spacial score (nSPS) is 19.9. The summed E-state index contributed by atoms with van der Waals surface area (Å²) in [7, 11) is 1.72. The van der Waals surface area contributed by atoms with Gasteiger partial charge in [-0.2, -0.15) is 0 Å². The second-order valence-electron chi connectivity index (χ2n) is 7.70. The van der Waals surface area contributed by atoms with Gasteiger partial charge in [0.05, 0.1) is 7.11 Å². The number of hydrogen-bond donors (Lipinski definition) is 0. The van der Waals surface area contributed by atoms with Crippen molar-refractivity contribution < 1.29 is 9.53 Å². The first-order valence-corrected chi connectivity index (χ1v) is 10.7. The molecule has 0 spiro atoms. The number of amides is 1. The van der Waals surface area contributed by atoms with Crippen LogP contribution in [0.3, 0.4) is 0 Å². The van der Waals surface area contributed by atoms with Crippen molar-refractivity contribution in [2.24, 2.45) is 0 Å². The van der Waals surface area contributed by atoms with Crippen LogP contribution in [0.1, 0.15) is 40.8 Å². The van der Waals surface area contributed by atoms with Crippen molar-refractivity contribution in [3.63, 3.8) is 0 Å². The van der Waals surface area contributed by atoms with Gasteiger partial charge in [-0.05, 0) is 59.0 Å². The van der Waals surface area contributed by atoms with Crippen LogP contribution in [0, 0.1) is 0 Å². The Bertz CT molecular complexity index is 816. The van der Waals surface area contributed by atoms with E-state index in [0.717, 1.165) is 51.3 Å². The van der Waals surface area contributed by atoms with E-state index in [4.69, 9.17) is 4.74 Å². The molecule has 0 aliphatic carbocycles. The largest absolute Gasteiger partial charge is 0.497 e. The molecule has 0 bridgehead atoms. The monoisotopic (exact) mass is 384 g/mol. The number of thiophene rings is 1. The van der Waals surface area contributed by atoms with Crippen LogP contribution in [0.2, 0.25) is 0 Å². The van der Waals surface area contributed by atoms with Gasteiger partial charge >= 0.3 is 0 Å². The number of benzene rings is 1. The van der Waals surface area contributed by atoms with Crippen molar-refractivity contribution in [3.05, 3.63) is 51.2 Å². The average Bonchev–Trinajstić information content (AvgIpc) is 3.11. The minimum atomic E-state index is 0.294.